The third kappa shape index (κ3) is 3.89. The van der Waals surface area contributed by atoms with Crippen LogP contribution in [0.3, 0.4) is 0 Å². The van der Waals surface area contributed by atoms with Crippen LogP contribution in [0.5, 0.6) is 11.5 Å². The zero-order chi connectivity index (χ0) is 14.6. The molecule has 3 heteroatoms. The van der Waals surface area contributed by atoms with Gasteiger partial charge in [-0.25, -0.2) is 0 Å². The first-order chi connectivity index (χ1) is 9.54. The highest BCUT2D eigenvalue weighted by Gasteiger charge is 2.35. The maximum absolute atomic E-state index is 6.24. The summed E-state index contributed by atoms with van der Waals surface area (Å²) in [6.07, 6.45) is 3.72. The van der Waals surface area contributed by atoms with Crippen LogP contribution in [0.4, 0.5) is 0 Å². The summed E-state index contributed by atoms with van der Waals surface area (Å²) in [5.74, 6) is 1.78. The summed E-state index contributed by atoms with van der Waals surface area (Å²) in [5.41, 5.74) is 0.357. The van der Waals surface area contributed by atoms with Gasteiger partial charge in [0, 0.05) is 12.1 Å². The molecule has 20 heavy (non-hydrogen) atoms. The first kappa shape index (κ1) is 15.2. The zero-order valence-corrected chi connectivity index (χ0v) is 13.1. The van der Waals surface area contributed by atoms with E-state index in [-0.39, 0.29) is 6.10 Å². The Morgan fingerprint density at radius 3 is 2.75 bits per heavy atom. The van der Waals surface area contributed by atoms with Crippen molar-refractivity contribution in [1.82, 2.24) is 5.32 Å². The number of rotatable bonds is 5. The van der Waals surface area contributed by atoms with Gasteiger partial charge >= 0.3 is 0 Å². The number of nitrogens with one attached hydrogen (secondary N) is 1. The average molecular weight is 277 g/mol. The van der Waals surface area contributed by atoms with E-state index in [2.05, 4.69) is 19.2 Å². The predicted octanol–water partition coefficient (Wildman–Crippen LogP) is 3.63. The van der Waals surface area contributed by atoms with Crippen molar-refractivity contribution in [2.24, 2.45) is 5.41 Å². The zero-order valence-electron chi connectivity index (χ0n) is 13.1. The fraction of sp³-hybridized carbons (Fsp3) is 0.647. The van der Waals surface area contributed by atoms with Crippen LogP contribution in [0.2, 0.25) is 0 Å². The molecule has 1 N–H and O–H groups in total. The van der Waals surface area contributed by atoms with Crippen molar-refractivity contribution < 1.29 is 9.47 Å². The number of benzene rings is 1. The maximum atomic E-state index is 6.24. The van der Waals surface area contributed by atoms with Crippen molar-refractivity contribution in [2.75, 3.05) is 13.7 Å². The van der Waals surface area contributed by atoms with E-state index in [0.717, 1.165) is 17.9 Å². The van der Waals surface area contributed by atoms with E-state index in [0.29, 0.717) is 18.1 Å². The summed E-state index contributed by atoms with van der Waals surface area (Å²) >= 11 is 0. The molecule has 112 valence electrons. The SMILES string of the molecule is CCOc1cccc(OC2CC(C)(C)CCC2NC)c1. The highest BCUT2D eigenvalue weighted by atomic mass is 16.5. The van der Waals surface area contributed by atoms with E-state index in [4.69, 9.17) is 9.47 Å². The van der Waals surface area contributed by atoms with Gasteiger partial charge in [-0.15, -0.1) is 0 Å². The monoisotopic (exact) mass is 277 g/mol. The molecule has 2 rings (SSSR count). The minimum atomic E-state index is 0.223. The Bertz CT molecular complexity index is 431. The lowest BCUT2D eigenvalue weighted by Crippen LogP contribution is -2.47. The van der Waals surface area contributed by atoms with Gasteiger partial charge in [0.2, 0.25) is 0 Å². The van der Waals surface area contributed by atoms with Crippen LogP contribution in [-0.4, -0.2) is 25.8 Å². The van der Waals surface area contributed by atoms with Gasteiger partial charge in [0.25, 0.3) is 0 Å². The second-order valence-electron chi connectivity index (χ2n) is 6.37. The van der Waals surface area contributed by atoms with Crippen molar-refractivity contribution in [3.05, 3.63) is 24.3 Å². The van der Waals surface area contributed by atoms with Gasteiger partial charge in [0.05, 0.1) is 6.61 Å². The van der Waals surface area contributed by atoms with Gasteiger partial charge in [-0.2, -0.15) is 0 Å². The van der Waals surface area contributed by atoms with Gasteiger partial charge in [-0.05, 0) is 50.8 Å². The lowest BCUT2D eigenvalue weighted by atomic mass is 9.74. The first-order valence-electron chi connectivity index (χ1n) is 7.61. The smallest absolute Gasteiger partial charge is 0.123 e. The minimum absolute atomic E-state index is 0.223. The van der Waals surface area contributed by atoms with Gasteiger partial charge < -0.3 is 14.8 Å². The summed E-state index contributed by atoms with van der Waals surface area (Å²) in [7, 11) is 2.02. The number of ether oxygens (including phenoxy) is 2. The highest BCUT2D eigenvalue weighted by Crippen LogP contribution is 2.37. The molecule has 0 saturated heterocycles. The van der Waals surface area contributed by atoms with Crippen molar-refractivity contribution in [3.8, 4) is 11.5 Å². The van der Waals surface area contributed by atoms with Crippen LogP contribution < -0.4 is 14.8 Å². The number of likely N-dealkylation sites (N-methyl/N-ethyl adjacent to an activating group) is 1. The Morgan fingerprint density at radius 2 is 2.05 bits per heavy atom. The van der Waals surface area contributed by atoms with Crippen LogP contribution in [0.25, 0.3) is 0 Å². The van der Waals surface area contributed by atoms with Crippen LogP contribution in [0, 0.1) is 5.41 Å². The number of hydrogen-bond donors (Lipinski definition) is 1. The van der Waals surface area contributed by atoms with Crippen molar-refractivity contribution in [2.45, 2.75) is 52.2 Å². The summed E-state index contributed by atoms with van der Waals surface area (Å²) in [5, 5.41) is 3.40. The molecule has 2 unspecified atom stereocenters. The van der Waals surface area contributed by atoms with Crippen LogP contribution in [0.15, 0.2) is 24.3 Å². The van der Waals surface area contributed by atoms with Crippen LogP contribution in [0.1, 0.15) is 40.0 Å². The molecule has 1 aromatic carbocycles. The fourth-order valence-corrected chi connectivity index (χ4v) is 2.95. The Hall–Kier alpha value is -1.22. The third-order valence-corrected chi connectivity index (χ3v) is 4.11. The normalized spacial score (nSPS) is 25.2. The topological polar surface area (TPSA) is 30.5 Å². The molecule has 1 aliphatic rings. The molecular weight excluding hydrogens is 250 g/mol. The van der Waals surface area contributed by atoms with E-state index < -0.39 is 0 Å². The first-order valence-corrected chi connectivity index (χ1v) is 7.61. The van der Waals surface area contributed by atoms with Gasteiger partial charge in [-0.3, -0.25) is 0 Å². The summed E-state index contributed by atoms with van der Waals surface area (Å²) in [6, 6.07) is 8.38. The second-order valence-corrected chi connectivity index (χ2v) is 6.37. The van der Waals surface area contributed by atoms with Crippen LogP contribution in [-0.2, 0) is 0 Å². The molecule has 0 aromatic heterocycles. The number of hydrogen-bond acceptors (Lipinski definition) is 3. The molecule has 3 nitrogen and oxygen atoms in total. The summed E-state index contributed by atoms with van der Waals surface area (Å²) in [4.78, 5) is 0. The highest BCUT2D eigenvalue weighted by molar-refractivity contribution is 5.33. The molecule has 0 bridgehead atoms. The summed E-state index contributed by atoms with van der Waals surface area (Å²) < 4.78 is 11.8. The van der Waals surface area contributed by atoms with E-state index in [9.17, 15) is 0 Å². The quantitative estimate of drug-likeness (QED) is 0.891. The standard InChI is InChI=1S/C17H27NO2/c1-5-19-13-7-6-8-14(11-13)20-16-12-17(2,3)10-9-15(16)18-4/h6-8,11,15-16,18H,5,9-10,12H2,1-4H3. The molecule has 1 fully saturated rings. The Kier molecular flexibility index (Phi) is 4.92. The Balaban J connectivity index is 2.07. The molecular formula is C17H27NO2. The van der Waals surface area contributed by atoms with Crippen molar-refractivity contribution in [3.63, 3.8) is 0 Å². The average Bonchev–Trinajstić information content (AvgIpc) is 2.39. The third-order valence-electron chi connectivity index (χ3n) is 4.11. The minimum Gasteiger partial charge on any atom is -0.494 e. The molecule has 0 spiro atoms. The molecule has 0 aliphatic heterocycles. The largest absolute Gasteiger partial charge is 0.494 e. The van der Waals surface area contributed by atoms with Crippen molar-refractivity contribution >= 4 is 0 Å². The molecule has 1 aliphatic carbocycles. The van der Waals surface area contributed by atoms with E-state index >= 15 is 0 Å². The van der Waals surface area contributed by atoms with E-state index in [1.807, 2.05) is 38.2 Å². The molecule has 0 heterocycles. The second kappa shape index (κ2) is 6.49. The molecule has 1 saturated carbocycles. The Morgan fingerprint density at radius 1 is 1.30 bits per heavy atom. The molecule has 2 atom stereocenters. The predicted molar refractivity (Wildman–Crippen MR) is 82.5 cm³/mol. The fourth-order valence-electron chi connectivity index (χ4n) is 2.95. The molecule has 0 amide bonds. The lowest BCUT2D eigenvalue weighted by Gasteiger charge is -2.40. The van der Waals surface area contributed by atoms with Gasteiger partial charge in [0.1, 0.15) is 17.6 Å². The van der Waals surface area contributed by atoms with E-state index in [1.165, 1.54) is 12.8 Å². The summed E-state index contributed by atoms with van der Waals surface area (Å²) in [6.45, 7) is 7.32. The molecule has 0 radical (unpaired) electrons. The molecule has 1 aromatic rings. The Labute approximate surface area is 122 Å². The van der Waals surface area contributed by atoms with Gasteiger partial charge in [-0.1, -0.05) is 19.9 Å². The van der Waals surface area contributed by atoms with Gasteiger partial charge in [0.15, 0.2) is 0 Å². The van der Waals surface area contributed by atoms with Crippen LogP contribution >= 0.6 is 0 Å². The van der Waals surface area contributed by atoms with E-state index in [1.54, 1.807) is 0 Å². The lowest BCUT2D eigenvalue weighted by molar-refractivity contribution is 0.0557. The van der Waals surface area contributed by atoms with Crippen molar-refractivity contribution in [1.29, 1.82) is 0 Å². The maximum Gasteiger partial charge on any atom is 0.123 e.